The van der Waals surface area contributed by atoms with E-state index in [0.717, 1.165) is 31.2 Å². The van der Waals surface area contributed by atoms with Crippen LogP contribution in [0, 0.1) is 0 Å². The summed E-state index contributed by atoms with van der Waals surface area (Å²) in [4.78, 5) is 29.5. The average Bonchev–Trinajstić information content (AvgIpc) is 2.88. The number of anilines is 1. The molecule has 182 valence electrons. The highest BCUT2D eigenvalue weighted by Gasteiger charge is 2.34. The molecular weight excluding hydrogens is 432 g/mol. The molecular formula is C31H36N2O2. The average molecular weight is 469 g/mol. The Bertz CT molecular complexity index is 1110. The molecule has 35 heavy (non-hydrogen) atoms. The van der Waals surface area contributed by atoms with E-state index in [4.69, 9.17) is 0 Å². The molecule has 1 N–H and O–H groups in total. The van der Waals surface area contributed by atoms with Crippen LogP contribution in [0.4, 0.5) is 5.69 Å². The number of amides is 2. The molecule has 0 aliphatic heterocycles. The number of rotatable bonds is 6. The summed E-state index contributed by atoms with van der Waals surface area (Å²) in [5.74, 6) is -0.325. The zero-order valence-corrected chi connectivity index (χ0v) is 21.0. The second-order valence-corrected chi connectivity index (χ2v) is 10.5. The van der Waals surface area contributed by atoms with Crippen LogP contribution in [-0.4, -0.2) is 17.9 Å². The first-order valence-electron chi connectivity index (χ1n) is 12.7. The lowest BCUT2D eigenvalue weighted by Gasteiger charge is -2.34. The zero-order chi connectivity index (χ0) is 24.8. The fourth-order valence-corrected chi connectivity index (χ4v) is 4.81. The molecule has 1 saturated carbocycles. The summed E-state index contributed by atoms with van der Waals surface area (Å²) in [7, 11) is 0. The van der Waals surface area contributed by atoms with E-state index in [1.165, 1.54) is 12.0 Å². The van der Waals surface area contributed by atoms with Gasteiger partial charge in [0, 0.05) is 17.3 Å². The van der Waals surface area contributed by atoms with Gasteiger partial charge in [0.2, 0.25) is 5.91 Å². The maximum atomic E-state index is 14.0. The molecule has 0 radical (unpaired) electrons. The second-order valence-electron chi connectivity index (χ2n) is 10.5. The van der Waals surface area contributed by atoms with E-state index in [-0.39, 0.29) is 23.3 Å². The summed E-state index contributed by atoms with van der Waals surface area (Å²) in [6.07, 6.45) is 5.44. The third-order valence-corrected chi connectivity index (χ3v) is 6.82. The Morgan fingerprint density at radius 1 is 0.800 bits per heavy atom. The first-order chi connectivity index (χ1) is 16.8. The quantitative estimate of drug-likeness (QED) is 0.431. The molecule has 4 nitrogen and oxygen atoms in total. The Labute approximate surface area is 209 Å². The van der Waals surface area contributed by atoms with Gasteiger partial charge >= 0.3 is 0 Å². The molecule has 4 rings (SSSR count). The number of hydrogen-bond donors (Lipinski definition) is 1. The molecule has 0 bridgehead atoms. The van der Waals surface area contributed by atoms with Gasteiger partial charge in [0.15, 0.2) is 0 Å². The van der Waals surface area contributed by atoms with Gasteiger partial charge in [0.25, 0.3) is 5.91 Å². The Morgan fingerprint density at radius 3 is 1.94 bits per heavy atom. The lowest BCUT2D eigenvalue weighted by atomic mass is 9.87. The first kappa shape index (κ1) is 24.7. The number of carbonyl (C=O) groups excluding carboxylic acids is 2. The summed E-state index contributed by atoms with van der Waals surface area (Å²) >= 11 is 0. The largest absolute Gasteiger partial charge is 0.351 e. The van der Waals surface area contributed by atoms with E-state index in [1.807, 2.05) is 60.7 Å². The summed E-state index contributed by atoms with van der Waals surface area (Å²) in [6, 6.07) is 26.3. The smallest absolute Gasteiger partial charge is 0.259 e. The van der Waals surface area contributed by atoms with Crippen molar-refractivity contribution in [2.45, 2.75) is 70.4 Å². The number of carbonyl (C=O) groups is 2. The standard InChI is InChI=1S/C31H36N2O2/c1-31(2,3)25-19-21-27(22-20-25)33(30(35)24-15-9-5-10-16-24)28(23-13-7-4-8-14-23)29(34)32-26-17-11-6-12-18-26/h4-5,7-10,13-16,19-22,26,28H,6,11-12,17-18H2,1-3H3,(H,32,34). The van der Waals surface area contributed by atoms with E-state index < -0.39 is 6.04 Å². The van der Waals surface area contributed by atoms with Crippen LogP contribution in [0.1, 0.15) is 80.4 Å². The molecule has 3 aromatic rings. The van der Waals surface area contributed by atoms with Gasteiger partial charge in [0.1, 0.15) is 6.04 Å². The van der Waals surface area contributed by atoms with Gasteiger partial charge in [0.05, 0.1) is 0 Å². The number of hydrogen-bond acceptors (Lipinski definition) is 2. The zero-order valence-electron chi connectivity index (χ0n) is 21.0. The van der Waals surface area contributed by atoms with Gasteiger partial charge < -0.3 is 5.32 Å². The molecule has 1 aliphatic rings. The minimum absolute atomic E-state index is 0.00993. The van der Waals surface area contributed by atoms with Crippen LogP contribution in [0.5, 0.6) is 0 Å². The predicted molar refractivity (Wildman–Crippen MR) is 143 cm³/mol. The third-order valence-electron chi connectivity index (χ3n) is 6.82. The van der Waals surface area contributed by atoms with E-state index in [1.54, 1.807) is 17.0 Å². The molecule has 0 saturated heterocycles. The van der Waals surface area contributed by atoms with Gasteiger partial charge in [-0.05, 0) is 53.6 Å². The molecule has 2 amide bonds. The number of nitrogens with zero attached hydrogens (tertiary/aromatic N) is 1. The maximum Gasteiger partial charge on any atom is 0.259 e. The van der Waals surface area contributed by atoms with E-state index in [2.05, 4.69) is 38.2 Å². The van der Waals surface area contributed by atoms with Crippen molar-refractivity contribution in [2.75, 3.05) is 4.90 Å². The van der Waals surface area contributed by atoms with Gasteiger partial charge in [-0.25, -0.2) is 0 Å². The molecule has 1 fully saturated rings. The molecule has 0 heterocycles. The van der Waals surface area contributed by atoms with E-state index in [9.17, 15) is 9.59 Å². The van der Waals surface area contributed by atoms with Crippen molar-refractivity contribution in [1.82, 2.24) is 5.32 Å². The minimum atomic E-state index is -0.772. The lowest BCUT2D eigenvalue weighted by molar-refractivity contribution is -0.123. The molecule has 3 aromatic carbocycles. The summed E-state index contributed by atoms with van der Waals surface area (Å²) in [5, 5.41) is 3.28. The van der Waals surface area contributed by atoms with E-state index >= 15 is 0 Å². The highest BCUT2D eigenvalue weighted by atomic mass is 16.2. The van der Waals surface area contributed by atoms with Gasteiger partial charge in [-0.1, -0.05) is 101 Å². The van der Waals surface area contributed by atoms with Crippen LogP contribution in [0.15, 0.2) is 84.9 Å². The lowest BCUT2D eigenvalue weighted by Crippen LogP contribution is -2.47. The summed E-state index contributed by atoms with van der Waals surface area (Å²) < 4.78 is 0. The van der Waals surface area contributed by atoms with Crippen molar-refractivity contribution in [3.05, 3.63) is 102 Å². The van der Waals surface area contributed by atoms with Crippen LogP contribution < -0.4 is 10.2 Å². The Kier molecular flexibility index (Phi) is 7.70. The Morgan fingerprint density at radius 2 is 1.37 bits per heavy atom. The van der Waals surface area contributed by atoms with Crippen LogP contribution in [0.3, 0.4) is 0 Å². The van der Waals surface area contributed by atoms with E-state index in [0.29, 0.717) is 11.3 Å². The van der Waals surface area contributed by atoms with Crippen molar-refractivity contribution in [3.8, 4) is 0 Å². The van der Waals surface area contributed by atoms with Gasteiger partial charge in [-0.3, -0.25) is 14.5 Å². The fourth-order valence-electron chi connectivity index (χ4n) is 4.81. The SMILES string of the molecule is CC(C)(C)c1ccc(N(C(=O)c2ccccc2)C(C(=O)NC2CCCCC2)c2ccccc2)cc1. The third kappa shape index (κ3) is 6.00. The Hall–Kier alpha value is -3.40. The van der Waals surface area contributed by atoms with Crippen molar-refractivity contribution in [1.29, 1.82) is 0 Å². The summed E-state index contributed by atoms with van der Waals surface area (Å²) in [5.41, 5.74) is 3.23. The normalized spacial score (nSPS) is 15.3. The van der Waals surface area contributed by atoms with Crippen molar-refractivity contribution in [2.24, 2.45) is 0 Å². The molecule has 1 atom stereocenters. The van der Waals surface area contributed by atoms with Crippen LogP contribution >= 0.6 is 0 Å². The molecule has 1 unspecified atom stereocenters. The molecule has 1 aliphatic carbocycles. The summed E-state index contributed by atoms with van der Waals surface area (Å²) in [6.45, 7) is 6.50. The highest BCUT2D eigenvalue weighted by molar-refractivity contribution is 6.10. The Balaban J connectivity index is 1.79. The maximum absolute atomic E-state index is 14.0. The predicted octanol–water partition coefficient (Wildman–Crippen LogP) is 6.82. The number of nitrogens with one attached hydrogen (secondary N) is 1. The highest BCUT2D eigenvalue weighted by Crippen LogP contribution is 2.32. The molecule has 4 heteroatoms. The number of benzene rings is 3. The first-order valence-corrected chi connectivity index (χ1v) is 12.7. The van der Waals surface area contributed by atoms with Gasteiger partial charge in [-0.15, -0.1) is 0 Å². The van der Waals surface area contributed by atoms with Crippen LogP contribution in [0.25, 0.3) is 0 Å². The molecule has 0 aromatic heterocycles. The monoisotopic (exact) mass is 468 g/mol. The van der Waals surface area contributed by atoms with Crippen LogP contribution in [-0.2, 0) is 10.2 Å². The van der Waals surface area contributed by atoms with Crippen molar-refractivity contribution < 1.29 is 9.59 Å². The van der Waals surface area contributed by atoms with Crippen molar-refractivity contribution >= 4 is 17.5 Å². The molecule has 0 spiro atoms. The van der Waals surface area contributed by atoms with Crippen molar-refractivity contribution in [3.63, 3.8) is 0 Å². The minimum Gasteiger partial charge on any atom is -0.351 e. The topological polar surface area (TPSA) is 49.4 Å². The fraction of sp³-hybridized carbons (Fsp3) is 0.355. The van der Waals surface area contributed by atoms with Gasteiger partial charge in [-0.2, -0.15) is 0 Å². The van der Waals surface area contributed by atoms with Crippen LogP contribution in [0.2, 0.25) is 0 Å². The second kappa shape index (κ2) is 10.9.